The van der Waals surface area contributed by atoms with Crippen molar-refractivity contribution in [2.45, 2.75) is 4.90 Å². The van der Waals surface area contributed by atoms with Gasteiger partial charge in [0.25, 0.3) is 15.9 Å². The van der Waals surface area contributed by atoms with Crippen LogP contribution in [0.5, 0.6) is 0 Å². The lowest BCUT2D eigenvalue weighted by molar-refractivity contribution is 0.100. The van der Waals surface area contributed by atoms with Gasteiger partial charge in [0.05, 0.1) is 16.2 Å². The lowest BCUT2D eigenvalue weighted by Crippen LogP contribution is -2.16. The first-order valence-corrected chi connectivity index (χ1v) is 8.81. The zero-order valence-electron chi connectivity index (χ0n) is 12.4. The van der Waals surface area contributed by atoms with Crippen LogP contribution in [0.15, 0.2) is 71.8 Å². The topological polar surface area (TPSA) is 82.2 Å². The van der Waals surface area contributed by atoms with Crippen molar-refractivity contribution in [2.24, 2.45) is 5.73 Å². The lowest BCUT2D eigenvalue weighted by Gasteiger charge is -2.12. The van der Waals surface area contributed by atoms with Crippen LogP contribution < -0.4 is 5.73 Å². The maximum absolute atomic E-state index is 13.0. The van der Waals surface area contributed by atoms with E-state index in [-0.39, 0.29) is 16.2 Å². The fourth-order valence-corrected chi connectivity index (χ4v) is 4.11. The molecule has 1 amide bonds. The highest BCUT2D eigenvalue weighted by Gasteiger charge is 2.25. The monoisotopic (exact) mass is 360 g/mol. The molecule has 5 nitrogen and oxygen atoms in total. The molecule has 2 aromatic carbocycles. The van der Waals surface area contributed by atoms with Crippen molar-refractivity contribution in [3.8, 4) is 11.3 Å². The van der Waals surface area contributed by atoms with Crippen molar-refractivity contribution in [3.63, 3.8) is 0 Å². The highest BCUT2D eigenvalue weighted by atomic mass is 35.5. The average Bonchev–Trinajstić information content (AvgIpc) is 3.01. The molecule has 7 heteroatoms. The number of hydrogen-bond donors (Lipinski definition) is 1. The summed E-state index contributed by atoms with van der Waals surface area (Å²) in [5.74, 6) is -0.700. The molecule has 24 heavy (non-hydrogen) atoms. The van der Waals surface area contributed by atoms with Crippen molar-refractivity contribution in [3.05, 3.63) is 77.4 Å². The van der Waals surface area contributed by atoms with E-state index in [0.29, 0.717) is 10.6 Å². The second-order valence-corrected chi connectivity index (χ2v) is 7.32. The molecule has 0 aliphatic rings. The van der Waals surface area contributed by atoms with E-state index in [1.165, 1.54) is 24.4 Å². The number of hydrogen-bond acceptors (Lipinski definition) is 3. The normalized spacial score (nSPS) is 11.4. The summed E-state index contributed by atoms with van der Waals surface area (Å²) in [5.41, 5.74) is 6.33. The number of primary amides is 1. The molecular weight excluding hydrogens is 348 g/mol. The Morgan fingerprint density at radius 1 is 1.00 bits per heavy atom. The van der Waals surface area contributed by atoms with Crippen molar-refractivity contribution >= 4 is 27.5 Å². The van der Waals surface area contributed by atoms with Crippen molar-refractivity contribution in [1.82, 2.24) is 3.97 Å². The minimum absolute atomic E-state index is 0.0267. The van der Waals surface area contributed by atoms with Gasteiger partial charge in [-0.15, -0.1) is 0 Å². The largest absolute Gasteiger partial charge is 0.366 e. The SMILES string of the molecule is NC(=O)c1ccn(S(=O)(=O)c2cccc(Cl)c2)c1-c1ccccc1. The van der Waals surface area contributed by atoms with Crippen LogP contribution in [0.2, 0.25) is 5.02 Å². The van der Waals surface area contributed by atoms with Crippen LogP contribution >= 0.6 is 11.6 Å². The summed E-state index contributed by atoms with van der Waals surface area (Å²) in [6.45, 7) is 0. The molecule has 1 aromatic heterocycles. The maximum atomic E-state index is 13.0. The molecule has 0 aliphatic heterocycles. The molecule has 0 radical (unpaired) electrons. The Balaban J connectivity index is 2.28. The van der Waals surface area contributed by atoms with Gasteiger partial charge in [-0.25, -0.2) is 12.4 Å². The van der Waals surface area contributed by atoms with Crippen molar-refractivity contribution in [2.75, 3.05) is 0 Å². The van der Waals surface area contributed by atoms with Crippen molar-refractivity contribution < 1.29 is 13.2 Å². The van der Waals surface area contributed by atoms with Gasteiger partial charge in [-0.05, 0) is 24.3 Å². The molecule has 0 fully saturated rings. The second-order valence-electron chi connectivity index (χ2n) is 5.07. The Hall–Kier alpha value is -2.57. The van der Waals surface area contributed by atoms with Gasteiger partial charge in [-0.1, -0.05) is 48.0 Å². The van der Waals surface area contributed by atoms with Gasteiger partial charge in [-0.3, -0.25) is 4.79 Å². The fraction of sp³-hybridized carbons (Fsp3) is 0. The van der Waals surface area contributed by atoms with Gasteiger partial charge < -0.3 is 5.73 Å². The summed E-state index contributed by atoms with van der Waals surface area (Å²) in [6, 6.07) is 16.1. The minimum atomic E-state index is -3.93. The van der Waals surface area contributed by atoms with Gasteiger partial charge in [0.2, 0.25) is 0 Å². The summed E-state index contributed by atoms with van der Waals surface area (Å²) in [5, 5.41) is 0.305. The first-order chi connectivity index (χ1) is 11.4. The lowest BCUT2D eigenvalue weighted by atomic mass is 10.1. The zero-order chi connectivity index (χ0) is 17.3. The van der Waals surface area contributed by atoms with Gasteiger partial charge >= 0.3 is 0 Å². The van der Waals surface area contributed by atoms with E-state index < -0.39 is 15.9 Å². The maximum Gasteiger partial charge on any atom is 0.268 e. The van der Waals surface area contributed by atoms with Crippen LogP contribution in [0.4, 0.5) is 0 Å². The van der Waals surface area contributed by atoms with Gasteiger partial charge in [0.15, 0.2) is 0 Å². The van der Waals surface area contributed by atoms with Crippen LogP contribution in [0, 0.1) is 0 Å². The first-order valence-electron chi connectivity index (χ1n) is 6.99. The first kappa shape index (κ1) is 16.3. The number of amides is 1. The molecule has 0 bridgehead atoms. The molecule has 3 aromatic rings. The number of nitrogens with zero attached hydrogens (tertiary/aromatic N) is 1. The number of carbonyl (C=O) groups is 1. The Labute approximate surface area is 144 Å². The van der Waals surface area contributed by atoms with Crippen molar-refractivity contribution in [1.29, 1.82) is 0 Å². The second kappa shape index (κ2) is 6.14. The van der Waals surface area contributed by atoms with Crippen LogP contribution in [0.3, 0.4) is 0 Å². The molecule has 0 unspecified atom stereocenters. The number of nitrogens with two attached hydrogens (primary N) is 1. The molecule has 0 aliphatic carbocycles. The van der Waals surface area contributed by atoms with Gasteiger partial charge in [-0.2, -0.15) is 0 Å². The fourth-order valence-electron chi connectivity index (χ4n) is 2.43. The van der Waals surface area contributed by atoms with Crippen LogP contribution in [0.25, 0.3) is 11.3 Å². The van der Waals surface area contributed by atoms with E-state index >= 15 is 0 Å². The number of benzene rings is 2. The quantitative estimate of drug-likeness (QED) is 0.775. The number of aromatic nitrogens is 1. The molecule has 3 rings (SSSR count). The molecule has 1 heterocycles. The molecule has 0 atom stereocenters. The van der Waals surface area contributed by atoms with E-state index in [1.54, 1.807) is 42.5 Å². The summed E-state index contributed by atoms with van der Waals surface area (Å²) in [4.78, 5) is 11.7. The van der Waals surface area contributed by atoms with Crippen LogP contribution in [-0.2, 0) is 10.0 Å². The predicted molar refractivity (Wildman–Crippen MR) is 92.4 cm³/mol. The Morgan fingerprint density at radius 2 is 1.71 bits per heavy atom. The molecule has 2 N–H and O–H groups in total. The average molecular weight is 361 g/mol. The number of carbonyl (C=O) groups excluding carboxylic acids is 1. The van der Waals surface area contributed by atoms with Gasteiger partial charge in [0, 0.05) is 16.8 Å². The predicted octanol–water partition coefficient (Wildman–Crippen LogP) is 3.14. The standard InChI is InChI=1S/C17H13ClN2O3S/c18-13-7-4-8-14(11-13)24(22,23)20-10-9-15(17(19)21)16(20)12-5-2-1-3-6-12/h1-11H,(H2,19,21). The highest BCUT2D eigenvalue weighted by Crippen LogP contribution is 2.29. The highest BCUT2D eigenvalue weighted by molar-refractivity contribution is 7.90. The summed E-state index contributed by atoms with van der Waals surface area (Å²) < 4.78 is 27.0. The van der Waals surface area contributed by atoms with E-state index in [0.717, 1.165) is 3.97 Å². The summed E-state index contributed by atoms with van der Waals surface area (Å²) in [6.07, 6.45) is 1.32. The third-order valence-electron chi connectivity index (χ3n) is 3.52. The van der Waals surface area contributed by atoms with Crippen LogP contribution in [0.1, 0.15) is 10.4 Å². The minimum Gasteiger partial charge on any atom is -0.366 e. The molecule has 0 spiro atoms. The van der Waals surface area contributed by atoms with E-state index in [4.69, 9.17) is 17.3 Å². The van der Waals surface area contributed by atoms with E-state index in [1.807, 2.05) is 0 Å². The molecular formula is C17H13ClN2O3S. The third-order valence-corrected chi connectivity index (χ3v) is 5.42. The van der Waals surface area contributed by atoms with Gasteiger partial charge in [0.1, 0.15) is 0 Å². The summed E-state index contributed by atoms with van der Waals surface area (Å²) in [7, 11) is -3.93. The smallest absolute Gasteiger partial charge is 0.268 e. The Kier molecular flexibility index (Phi) is 4.17. The molecule has 122 valence electrons. The number of halogens is 1. The molecule has 0 saturated heterocycles. The van der Waals surface area contributed by atoms with Crippen LogP contribution in [-0.4, -0.2) is 18.3 Å². The Bertz CT molecular complexity index is 1010. The summed E-state index contributed by atoms with van der Waals surface area (Å²) >= 11 is 5.90. The molecule has 0 saturated carbocycles. The third kappa shape index (κ3) is 2.81. The number of rotatable bonds is 4. The van der Waals surface area contributed by atoms with E-state index in [9.17, 15) is 13.2 Å². The van der Waals surface area contributed by atoms with E-state index in [2.05, 4.69) is 0 Å². The zero-order valence-corrected chi connectivity index (χ0v) is 14.0. The Morgan fingerprint density at radius 3 is 2.33 bits per heavy atom.